The van der Waals surface area contributed by atoms with Gasteiger partial charge in [-0.3, -0.25) is 19.5 Å². The van der Waals surface area contributed by atoms with E-state index in [1.807, 2.05) is 44.2 Å². The number of rotatable bonds is 3. The van der Waals surface area contributed by atoms with Crippen LogP contribution in [-0.2, 0) is 0 Å². The minimum atomic E-state index is -0.451. The van der Waals surface area contributed by atoms with Crippen LogP contribution in [0.25, 0.3) is 11.8 Å². The molecule has 0 fully saturated rings. The number of hydrogen-bond acceptors (Lipinski definition) is 7. The number of para-hydroxylation sites is 1. The molecule has 0 amide bonds. The Morgan fingerprint density at radius 2 is 1.88 bits per heavy atom. The van der Waals surface area contributed by atoms with Crippen molar-refractivity contribution in [3.8, 4) is 5.69 Å². The van der Waals surface area contributed by atoms with Crippen LogP contribution < -0.4 is 20.2 Å². The Labute approximate surface area is 185 Å². The van der Waals surface area contributed by atoms with E-state index in [0.717, 1.165) is 17.2 Å². The first-order chi connectivity index (χ1) is 15.4. The third-order valence-electron chi connectivity index (χ3n) is 5.21. The number of nitrogens with one attached hydrogen (secondary N) is 1. The SMILES string of the molecule is Cc1nn(-c2ccccc2)c2c1N=c1s/c(=C\c3ccc([N+](=O)[O-])cc3)c(=O)n1C(C)N2. The predicted octanol–water partition coefficient (Wildman–Crippen LogP) is 3.04. The number of hydrogen-bond donors (Lipinski definition) is 1. The van der Waals surface area contributed by atoms with Crippen LogP contribution in [0, 0.1) is 17.0 Å². The van der Waals surface area contributed by atoms with Gasteiger partial charge in [-0.1, -0.05) is 29.5 Å². The van der Waals surface area contributed by atoms with E-state index in [-0.39, 0.29) is 17.4 Å². The highest BCUT2D eigenvalue weighted by atomic mass is 32.1. The monoisotopic (exact) mass is 446 g/mol. The summed E-state index contributed by atoms with van der Waals surface area (Å²) in [6, 6.07) is 15.8. The maximum atomic E-state index is 13.2. The number of aromatic nitrogens is 3. The molecule has 32 heavy (non-hydrogen) atoms. The second kappa shape index (κ2) is 7.57. The molecule has 160 valence electrons. The molecule has 1 atom stereocenters. The van der Waals surface area contributed by atoms with E-state index in [4.69, 9.17) is 4.99 Å². The second-order valence-corrected chi connectivity index (χ2v) is 8.39. The average molecular weight is 446 g/mol. The number of non-ortho nitro benzene ring substituents is 1. The molecule has 1 aliphatic heterocycles. The van der Waals surface area contributed by atoms with Crippen LogP contribution in [-0.4, -0.2) is 19.3 Å². The van der Waals surface area contributed by atoms with Crippen molar-refractivity contribution < 1.29 is 4.92 Å². The van der Waals surface area contributed by atoms with Crippen LogP contribution in [0.1, 0.15) is 24.3 Å². The van der Waals surface area contributed by atoms with Gasteiger partial charge in [0.2, 0.25) is 0 Å². The van der Waals surface area contributed by atoms with Crippen molar-refractivity contribution in [3.63, 3.8) is 0 Å². The summed E-state index contributed by atoms with van der Waals surface area (Å²) >= 11 is 1.28. The van der Waals surface area contributed by atoms with Gasteiger partial charge in [-0.15, -0.1) is 0 Å². The van der Waals surface area contributed by atoms with Crippen molar-refractivity contribution in [2.45, 2.75) is 20.0 Å². The zero-order chi connectivity index (χ0) is 22.4. The van der Waals surface area contributed by atoms with Crippen molar-refractivity contribution in [2.24, 2.45) is 4.99 Å². The minimum Gasteiger partial charge on any atom is -0.348 e. The van der Waals surface area contributed by atoms with Crippen LogP contribution in [0.3, 0.4) is 0 Å². The van der Waals surface area contributed by atoms with Gasteiger partial charge in [0.1, 0.15) is 11.9 Å². The van der Waals surface area contributed by atoms with E-state index >= 15 is 0 Å². The van der Waals surface area contributed by atoms with E-state index in [1.54, 1.807) is 27.5 Å². The number of thiazole rings is 1. The molecular weight excluding hydrogens is 428 g/mol. The van der Waals surface area contributed by atoms with Gasteiger partial charge >= 0.3 is 0 Å². The Bertz CT molecular complexity index is 1520. The normalized spacial score (nSPS) is 15.3. The molecule has 4 aromatic rings. The van der Waals surface area contributed by atoms with E-state index in [2.05, 4.69) is 10.4 Å². The zero-order valence-corrected chi connectivity index (χ0v) is 18.0. The lowest BCUT2D eigenvalue weighted by Gasteiger charge is -2.15. The van der Waals surface area contributed by atoms with E-state index in [9.17, 15) is 14.9 Å². The highest BCUT2D eigenvalue weighted by Gasteiger charge is 2.24. The van der Waals surface area contributed by atoms with Crippen LogP contribution >= 0.6 is 11.3 Å². The number of aryl methyl sites for hydroxylation is 1. The topological polar surface area (TPSA) is 107 Å². The summed E-state index contributed by atoms with van der Waals surface area (Å²) in [5, 5.41) is 18.9. The van der Waals surface area contributed by atoms with Gasteiger partial charge in [0, 0.05) is 12.1 Å². The largest absolute Gasteiger partial charge is 0.348 e. The molecule has 2 aromatic heterocycles. The highest BCUT2D eigenvalue weighted by Crippen LogP contribution is 2.33. The average Bonchev–Trinajstić information content (AvgIpc) is 3.20. The Hall–Kier alpha value is -4.05. The van der Waals surface area contributed by atoms with Gasteiger partial charge in [0.15, 0.2) is 10.6 Å². The van der Waals surface area contributed by atoms with Crippen LogP contribution in [0.4, 0.5) is 17.2 Å². The van der Waals surface area contributed by atoms with Crippen molar-refractivity contribution in [3.05, 3.63) is 95.7 Å². The summed E-state index contributed by atoms with van der Waals surface area (Å²) in [6.07, 6.45) is 1.37. The summed E-state index contributed by atoms with van der Waals surface area (Å²) < 4.78 is 3.93. The molecule has 0 aliphatic carbocycles. The van der Waals surface area contributed by atoms with Gasteiger partial charge in [0.25, 0.3) is 11.2 Å². The Kier molecular flexibility index (Phi) is 4.71. The van der Waals surface area contributed by atoms with Crippen LogP contribution in [0.2, 0.25) is 0 Å². The molecule has 10 heteroatoms. The predicted molar refractivity (Wildman–Crippen MR) is 122 cm³/mol. The molecule has 3 heterocycles. The van der Waals surface area contributed by atoms with Gasteiger partial charge < -0.3 is 5.32 Å². The van der Waals surface area contributed by atoms with Crippen molar-refractivity contribution in [2.75, 3.05) is 5.32 Å². The summed E-state index contributed by atoms with van der Waals surface area (Å²) in [5.74, 6) is 0.734. The molecule has 0 spiro atoms. The summed E-state index contributed by atoms with van der Waals surface area (Å²) in [6.45, 7) is 3.79. The molecule has 1 aliphatic rings. The summed E-state index contributed by atoms with van der Waals surface area (Å²) in [5.41, 5.74) is 2.88. The maximum Gasteiger partial charge on any atom is 0.271 e. The van der Waals surface area contributed by atoms with Crippen LogP contribution in [0.5, 0.6) is 0 Å². The molecule has 0 bridgehead atoms. The molecule has 9 nitrogen and oxygen atoms in total. The van der Waals surface area contributed by atoms with Crippen molar-refractivity contribution in [1.29, 1.82) is 0 Å². The molecule has 0 radical (unpaired) electrons. The minimum absolute atomic E-state index is 0.00656. The number of nitro benzene ring substituents is 1. The van der Waals surface area contributed by atoms with E-state index < -0.39 is 4.92 Å². The fourth-order valence-electron chi connectivity index (χ4n) is 3.65. The number of benzene rings is 2. The van der Waals surface area contributed by atoms with Crippen molar-refractivity contribution >= 4 is 34.6 Å². The first-order valence-corrected chi connectivity index (χ1v) is 10.7. The standard InChI is InChI=1S/C22H18N6O3S/c1-13-19-20(27(25-13)16-6-4-3-5-7-16)23-14(2)26-21(29)18(32-22(26)24-19)12-15-8-10-17(11-9-15)28(30)31/h3-12,14,23H,1-2H3/b18-12-. The number of nitro groups is 1. The lowest BCUT2D eigenvalue weighted by Crippen LogP contribution is -2.36. The van der Waals surface area contributed by atoms with Gasteiger partial charge in [-0.2, -0.15) is 5.10 Å². The highest BCUT2D eigenvalue weighted by molar-refractivity contribution is 7.07. The molecule has 0 saturated carbocycles. The summed E-state index contributed by atoms with van der Waals surface area (Å²) in [4.78, 5) is 28.9. The lowest BCUT2D eigenvalue weighted by atomic mass is 10.2. The van der Waals surface area contributed by atoms with E-state index in [0.29, 0.717) is 20.6 Å². The summed E-state index contributed by atoms with van der Waals surface area (Å²) in [7, 11) is 0. The Morgan fingerprint density at radius 3 is 2.56 bits per heavy atom. The van der Waals surface area contributed by atoms with Gasteiger partial charge in [-0.05, 0) is 49.8 Å². The third-order valence-corrected chi connectivity index (χ3v) is 6.19. The van der Waals surface area contributed by atoms with Crippen molar-refractivity contribution in [1.82, 2.24) is 14.3 Å². The number of fused-ring (bicyclic) bond motifs is 2. The van der Waals surface area contributed by atoms with Crippen LogP contribution in [0.15, 0.2) is 64.4 Å². The zero-order valence-electron chi connectivity index (χ0n) is 17.2. The molecule has 1 N–H and O–H groups in total. The van der Waals surface area contributed by atoms with Gasteiger partial charge in [0.05, 0.1) is 20.8 Å². The van der Waals surface area contributed by atoms with Gasteiger partial charge in [-0.25, -0.2) is 9.67 Å². The Balaban J connectivity index is 1.65. The molecule has 1 unspecified atom stereocenters. The fourth-order valence-corrected chi connectivity index (χ4v) is 4.70. The third kappa shape index (κ3) is 3.30. The second-order valence-electron chi connectivity index (χ2n) is 7.38. The molecule has 5 rings (SSSR count). The number of nitrogens with zero attached hydrogens (tertiary/aromatic N) is 5. The number of anilines is 1. The lowest BCUT2D eigenvalue weighted by molar-refractivity contribution is -0.384. The molecular formula is C22H18N6O3S. The quantitative estimate of drug-likeness (QED) is 0.384. The first kappa shape index (κ1) is 19.9. The fraction of sp³-hybridized carbons (Fsp3) is 0.136. The maximum absolute atomic E-state index is 13.2. The Morgan fingerprint density at radius 1 is 1.16 bits per heavy atom. The first-order valence-electron chi connectivity index (χ1n) is 9.90. The molecule has 2 aromatic carbocycles. The molecule has 0 saturated heterocycles. The smallest absolute Gasteiger partial charge is 0.271 e. The van der Waals surface area contributed by atoms with E-state index in [1.165, 1.54) is 23.5 Å².